The number of benzene rings is 2. The van der Waals surface area contributed by atoms with Crippen LogP contribution in [-0.2, 0) is 11.3 Å². The van der Waals surface area contributed by atoms with Crippen LogP contribution in [-0.4, -0.2) is 30.6 Å². The zero-order chi connectivity index (χ0) is 21.0. The molecule has 1 fully saturated rings. The number of hydrogen-bond donors (Lipinski definition) is 1. The zero-order valence-electron chi connectivity index (χ0n) is 15.6. The van der Waals surface area contributed by atoms with Crippen LogP contribution in [0.5, 0.6) is 11.5 Å². The maximum Gasteiger partial charge on any atom is 0.329 e. The Bertz CT molecular complexity index is 989. The van der Waals surface area contributed by atoms with Gasteiger partial charge in [-0.2, -0.15) is 0 Å². The van der Waals surface area contributed by atoms with E-state index in [4.69, 9.17) is 21.1 Å². The first kappa shape index (κ1) is 21.0. The van der Waals surface area contributed by atoms with E-state index >= 15 is 0 Å². The van der Waals surface area contributed by atoms with Crippen LogP contribution in [0.1, 0.15) is 11.1 Å². The summed E-state index contributed by atoms with van der Waals surface area (Å²) < 4.78 is 11.6. The molecular weight excluding hydrogens is 460 g/mol. The van der Waals surface area contributed by atoms with Crippen molar-refractivity contribution in [1.82, 2.24) is 10.2 Å². The minimum absolute atomic E-state index is 0.151. The van der Waals surface area contributed by atoms with Crippen molar-refractivity contribution in [3.63, 3.8) is 0 Å². The zero-order valence-corrected chi connectivity index (χ0v) is 17.9. The summed E-state index contributed by atoms with van der Waals surface area (Å²) in [7, 11) is 1.53. The fraction of sp³-hybridized carbons (Fsp3) is 0.143. The van der Waals surface area contributed by atoms with Crippen LogP contribution in [0.15, 0.2) is 59.2 Å². The SMILES string of the molecule is C=CCOc1cc(Br)c(C=C2NC(=O)N(Cc3ccc(Cl)cc3)C2=O)cc1OC. The van der Waals surface area contributed by atoms with E-state index in [1.165, 1.54) is 7.11 Å². The van der Waals surface area contributed by atoms with E-state index in [0.29, 0.717) is 33.2 Å². The van der Waals surface area contributed by atoms with E-state index in [-0.39, 0.29) is 12.2 Å². The molecule has 0 spiro atoms. The van der Waals surface area contributed by atoms with Gasteiger partial charge in [-0.25, -0.2) is 4.79 Å². The molecule has 29 heavy (non-hydrogen) atoms. The molecule has 0 aliphatic carbocycles. The lowest BCUT2D eigenvalue weighted by Crippen LogP contribution is -2.30. The minimum atomic E-state index is -0.481. The number of ether oxygens (including phenoxy) is 2. The van der Waals surface area contributed by atoms with Gasteiger partial charge in [-0.15, -0.1) is 0 Å². The number of hydrogen-bond acceptors (Lipinski definition) is 4. The number of amides is 3. The van der Waals surface area contributed by atoms with Gasteiger partial charge in [0.15, 0.2) is 11.5 Å². The molecule has 150 valence electrons. The normalized spacial score (nSPS) is 14.9. The third-order valence-electron chi connectivity index (χ3n) is 4.16. The number of carbonyl (C=O) groups excluding carboxylic acids is 2. The van der Waals surface area contributed by atoms with E-state index in [2.05, 4.69) is 27.8 Å². The van der Waals surface area contributed by atoms with Crippen LogP contribution >= 0.6 is 27.5 Å². The van der Waals surface area contributed by atoms with Crippen LogP contribution < -0.4 is 14.8 Å². The highest BCUT2D eigenvalue weighted by Crippen LogP contribution is 2.35. The molecule has 1 saturated heterocycles. The first-order valence-electron chi connectivity index (χ1n) is 8.63. The third kappa shape index (κ3) is 4.81. The Morgan fingerprint density at radius 1 is 1.21 bits per heavy atom. The smallest absolute Gasteiger partial charge is 0.329 e. The molecule has 1 N–H and O–H groups in total. The summed E-state index contributed by atoms with van der Waals surface area (Å²) in [5.41, 5.74) is 1.63. The second-order valence-electron chi connectivity index (χ2n) is 6.13. The third-order valence-corrected chi connectivity index (χ3v) is 5.09. The Labute approximate surface area is 181 Å². The molecule has 0 aromatic heterocycles. The molecule has 8 heteroatoms. The molecule has 2 aromatic rings. The summed E-state index contributed by atoms with van der Waals surface area (Å²) in [6.45, 7) is 4.10. The van der Waals surface area contributed by atoms with Gasteiger partial charge in [-0.1, -0.05) is 52.3 Å². The summed E-state index contributed by atoms with van der Waals surface area (Å²) >= 11 is 9.34. The molecule has 1 heterocycles. The van der Waals surface area contributed by atoms with Gasteiger partial charge in [0, 0.05) is 9.50 Å². The Balaban J connectivity index is 1.85. The lowest BCUT2D eigenvalue weighted by atomic mass is 10.1. The number of rotatable bonds is 7. The van der Waals surface area contributed by atoms with Gasteiger partial charge < -0.3 is 14.8 Å². The van der Waals surface area contributed by atoms with Crippen molar-refractivity contribution in [2.75, 3.05) is 13.7 Å². The number of carbonyl (C=O) groups is 2. The second kappa shape index (κ2) is 9.15. The first-order valence-corrected chi connectivity index (χ1v) is 9.80. The van der Waals surface area contributed by atoms with Gasteiger partial charge in [0.05, 0.1) is 13.7 Å². The molecule has 2 aromatic carbocycles. The Morgan fingerprint density at radius 3 is 2.59 bits per heavy atom. The van der Waals surface area contributed by atoms with E-state index < -0.39 is 11.9 Å². The fourth-order valence-corrected chi connectivity index (χ4v) is 3.29. The Hall–Kier alpha value is -2.77. The molecule has 0 radical (unpaired) electrons. The first-order chi connectivity index (χ1) is 13.9. The molecule has 0 unspecified atom stereocenters. The molecular formula is C21H18BrClN2O4. The summed E-state index contributed by atoms with van der Waals surface area (Å²) in [5, 5.41) is 3.20. The monoisotopic (exact) mass is 476 g/mol. The summed E-state index contributed by atoms with van der Waals surface area (Å²) in [5.74, 6) is 0.618. The summed E-state index contributed by atoms with van der Waals surface area (Å²) in [6.07, 6.45) is 3.22. The van der Waals surface area contributed by atoms with Crippen molar-refractivity contribution in [2.45, 2.75) is 6.54 Å². The highest BCUT2D eigenvalue weighted by Gasteiger charge is 2.33. The van der Waals surface area contributed by atoms with Gasteiger partial charge in [-0.3, -0.25) is 9.69 Å². The van der Waals surface area contributed by atoms with Crippen LogP contribution in [0.4, 0.5) is 4.79 Å². The number of nitrogens with zero attached hydrogens (tertiary/aromatic N) is 1. The number of halogens is 2. The molecule has 6 nitrogen and oxygen atoms in total. The second-order valence-corrected chi connectivity index (χ2v) is 7.42. The van der Waals surface area contributed by atoms with E-state index in [1.54, 1.807) is 48.6 Å². The summed E-state index contributed by atoms with van der Waals surface area (Å²) in [4.78, 5) is 26.2. The van der Waals surface area contributed by atoms with Crippen LogP contribution in [0.2, 0.25) is 5.02 Å². The standard InChI is InChI=1S/C21H18BrClN2O4/c1-3-8-29-19-11-16(22)14(10-18(19)28-2)9-17-20(26)25(21(27)24-17)12-13-4-6-15(23)7-5-13/h3-7,9-11H,1,8,12H2,2H3,(H,24,27). The highest BCUT2D eigenvalue weighted by atomic mass is 79.9. The van der Waals surface area contributed by atoms with E-state index in [9.17, 15) is 9.59 Å². The summed E-state index contributed by atoms with van der Waals surface area (Å²) in [6, 6.07) is 9.95. The molecule has 1 aliphatic heterocycles. The van der Waals surface area contributed by atoms with Gasteiger partial charge in [0.2, 0.25) is 0 Å². The molecule has 1 aliphatic rings. The molecule has 0 saturated carbocycles. The van der Waals surface area contributed by atoms with Crippen molar-refractivity contribution in [3.05, 3.63) is 75.4 Å². The highest BCUT2D eigenvalue weighted by molar-refractivity contribution is 9.10. The topological polar surface area (TPSA) is 67.9 Å². The molecule has 3 amide bonds. The van der Waals surface area contributed by atoms with Crippen molar-refractivity contribution >= 4 is 45.5 Å². The fourth-order valence-electron chi connectivity index (χ4n) is 2.73. The largest absolute Gasteiger partial charge is 0.493 e. The number of nitrogens with one attached hydrogen (secondary N) is 1. The molecule has 0 bridgehead atoms. The van der Waals surface area contributed by atoms with Crippen LogP contribution in [0.25, 0.3) is 6.08 Å². The minimum Gasteiger partial charge on any atom is -0.493 e. The number of methoxy groups -OCH3 is 1. The lowest BCUT2D eigenvalue weighted by Gasteiger charge is -2.12. The number of urea groups is 1. The number of imide groups is 1. The van der Waals surface area contributed by atoms with Crippen molar-refractivity contribution in [2.24, 2.45) is 0 Å². The van der Waals surface area contributed by atoms with Gasteiger partial charge >= 0.3 is 6.03 Å². The average molecular weight is 478 g/mol. The maximum absolute atomic E-state index is 12.7. The average Bonchev–Trinajstić information content (AvgIpc) is 2.97. The van der Waals surface area contributed by atoms with E-state index in [1.807, 2.05) is 0 Å². The Morgan fingerprint density at radius 2 is 1.93 bits per heavy atom. The van der Waals surface area contributed by atoms with Gasteiger partial charge in [-0.05, 0) is 41.5 Å². The predicted molar refractivity (Wildman–Crippen MR) is 115 cm³/mol. The Kier molecular flexibility index (Phi) is 6.61. The quantitative estimate of drug-likeness (QED) is 0.354. The predicted octanol–water partition coefficient (Wildman–Crippen LogP) is 4.77. The van der Waals surface area contributed by atoms with E-state index in [0.717, 1.165) is 10.5 Å². The van der Waals surface area contributed by atoms with Gasteiger partial charge in [0.1, 0.15) is 12.3 Å². The van der Waals surface area contributed by atoms with Crippen LogP contribution in [0.3, 0.4) is 0 Å². The molecule has 3 rings (SSSR count). The lowest BCUT2D eigenvalue weighted by molar-refractivity contribution is -0.123. The van der Waals surface area contributed by atoms with Gasteiger partial charge in [0.25, 0.3) is 5.91 Å². The van der Waals surface area contributed by atoms with Crippen molar-refractivity contribution in [1.29, 1.82) is 0 Å². The van der Waals surface area contributed by atoms with Crippen LogP contribution in [0, 0.1) is 0 Å². The van der Waals surface area contributed by atoms with Crippen molar-refractivity contribution < 1.29 is 19.1 Å². The van der Waals surface area contributed by atoms with Crippen molar-refractivity contribution in [3.8, 4) is 11.5 Å². The maximum atomic E-state index is 12.7. The molecule has 0 atom stereocenters.